The zero-order valence-corrected chi connectivity index (χ0v) is 23.1. The Balaban J connectivity index is 1.71. The van der Waals surface area contributed by atoms with Gasteiger partial charge in [0, 0.05) is 18.3 Å². The van der Waals surface area contributed by atoms with Gasteiger partial charge in [0.1, 0.15) is 23.5 Å². The number of carbonyl (C=O) groups is 2. The molecule has 206 valence electrons. The Bertz CT molecular complexity index is 1640. The molecule has 3 aromatic carbocycles. The number of nitrogens with one attached hydrogen (secondary N) is 3. The third-order valence-corrected chi connectivity index (χ3v) is 8.39. The van der Waals surface area contributed by atoms with E-state index in [2.05, 4.69) is 25.9 Å². The summed E-state index contributed by atoms with van der Waals surface area (Å²) in [4.78, 5) is 32.8. The fourth-order valence-corrected chi connectivity index (χ4v) is 5.03. The smallest absolute Gasteiger partial charge is 0.261 e. The fourth-order valence-electron chi connectivity index (χ4n) is 3.62. The van der Waals surface area contributed by atoms with E-state index in [1.807, 2.05) is 0 Å². The molecule has 0 spiro atoms. The van der Waals surface area contributed by atoms with Crippen molar-refractivity contribution in [1.82, 2.24) is 9.97 Å². The Morgan fingerprint density at radius 3 is 2.45 bits per heavy atom. The number of rotatable bonds is 10. The number of anilines is 4. The molecule has 0 unspecified atom stereocenters. The molecule has 0 bridgehead atoms. The van der Waals surface area contributed by atoms with Crippen molar-refractivity contribution in [3.05, 3.63) is 100 Å². The minimum Gasteiger partial charge on any atom is -0.350 e. The first kappa shape index (κ1) is 28.7. The van der Waals surface area contributed by atoms with Crippen LogP contribution in [-0.2, 0) is 16.4 Å². The number of halogens is 2. The quantitative estimate of drug-likeness (QED) is 0.198. The molecule has 12 heteroatoms. The summed E-state index contributed by atoms with van der Waals surface area (Å²) in [5.74, 6) is -1.39. The Hall–Kier alpha value is -4.35. The maximum atomic E-state index is 14.4. The molecule has 1 heterocycles. The molecular weight excluding hydrogens is 557 g/mol. The lowest BCUT2D eigenvalue weighted by Gasteiger charge is -2.17. The highest BCUT2D eigenvalue weighted by Crippen LogP contribution is 2.30. The summed E-state index contributed by atoms with van der Waals surface area (Å²) in [7, 11) is -3.70. The van der Waals surface area contributed by atoms with Gasteiger partial charge < -0.3 is 16.0 Å². The van der Waals surface area contributed by atoms with Gasteiger partial charge in [-0.15, -0.1) is 0 Å². The van der Waals surface area contributed by atoms with Crippen molar-refractivity contribution < 1.29 is 22.4 Å². The van der Waals surface area contributed by atoms with Crippen molar-refractivity contribution in [2.75, 3.05) is 16.0 Å². The number of amides is 1. The zero-order valence-electron chi connectivity index (χ0n) is 21.5. The number of nitrogens with zero attached hydrogens (tertiary/aromatic N) is 2. The highest BCUT2D eigenvalue weighted by Gasteiger charge is 2.24. The van der Waals surface area contributed by atoms with E-state index in [1.54, 1.807) is 56.3 Å². The molecule has 0 aliphatic heterocycles. The van der Waals surface area contributed by atoms with Crippen LogP contribution in [0.25, 0.3) is 0 Å². The molecule has 40 heavy (non-hydrogen) atoms. The number of carbonyl (C=O) groups excluding carboxylic acids is 2. The topological polar surface area (TPSA) is 130 Å². The number of benzene rings is 3. The molecule has 0 aliphatic rings. The Morgan fingerprint density at radius 2 is 1.77 bits per heavy atom. The average Bonchev–Trinajstić information content (AvgIpc) is 2.94. The number of hydrogen-bond donors (Lipinski definition) is 3. The number of aldehydes is 1. The predicted octanol–water partition coefficient (Wildman–Crippen LogP) is 5.87. The fraction of sp³-hybridized carbons (Fsp3) is 0.143. The SMILES string of the molecule is CC(C)S(=O)(=O)c1ccccc1Nc1nc(NCc2ccc(C=O)cc2)ncc1C(=O)Nc1c(F)cccc1Cl. The lowest BCUT2D eigenvalue weighted by molar-refractivity contribution is 0.102. The summed E-state index contributed by atoms with van der Waals surface area (Å²) in [6, 6.07) is 17.1. The molecule has 0 aliphatic carbocycles. The standard InChI is InChI=1S/C28H25ClFN5O4S/c1-17(2)40(38,39)24-9-4-3-8-23(24)33-26-20(27(37)34-25-21(29)6-5-7-22(25)30)15-32-28(35-26)31-14-18-10-12-19(16-36)13-11-18/h3-13,15-17H,14H2,1-2H3,(H,34,37)(H2,31,32,33,35). The summed E-state index contributed by atoms with van der Waals surface area (Å²) in [6.45, 7) is 3.43. The Labute approximate surface area is 235 Å². The molecule has 4 aromatic rings. The molecule has 4 rings (SSSR count). The second-order valence-corrected chi connectivity index (χ2v) is 11.8. The van der Waals surface area contributed by atoms with E-state index in [1.165, 1.54) is 24.4 Å². The van der Waals surface area contributed by atoms with E-state index < -0.39 is 26.8 Å². The molecule has 0 saturated heterocycles. The van der Waals surface area contributed by atoms with E-state index in [0.717, 1.165) is 17.9 Å². The molecule has 0 saturated carbocycles. The molecule has 3 N–H and O–H groups in total. The largest absolute Gasteiger partial charge is 0.350 e. The summed E-state index contributed by atoms with van der Waals surface area (Å²) in [6.07, 6.45) is 1.98. The van der Waals surface area contributed by atoms with Crippen LogP contribution in [0.2, 0.25) is 5.02 Å². The van der Waals surface area contributed by atoms with E-state index in [4.69, 9.17) is 11.6 Å². The van der Waals surface area contributed by atoms with Crippen molar-refractivity contribution in [3.63, 3.8) is 0 Å². The summed E-state index contributed by atoms with van der Waals surface area (Å²) >= 11 is 6.08. The van der Waals surface area contributed by atoms with Gasteiger partial charge in [-0.3, -0.25) is 9.59 Å². The molecule has 0 atom stereocenters. The first-order valence-corrected chi connectivity index (χ1v) is 14.0. The minimum absolute atomic E-state index is 0.00367. The number of hydrogen-bond acceptors (Lipinski definition) is 8. The number of para-hydroxylation sites is 2. The summed E-state index contributed by atoms with van der Waals surface area (Å²) < 4.78 is 40.4. The maximum absolute atomic E-state index is 14.4. The van der Waals surface area contributed by atoms with Crippen LogP contribution in [0.15, 0.2) is 77.8 Å². The van der Waals surface area contributed by atoms with Gasteiger partial charge in [-0.05, 0) is 43.7 Å². The molecule has 1 aromatic heterocycles. The van der Waals surface area contributed by atoms with Gasteiger partial charge in [0.25, 0.3) is 5.91 Å². The van der Waals surface area contributed by atoms with Gasteiger partial charge in [0.05, 0.1) is 26.5 Å². The van der Waals surface area contributed by atoms with Crippen LogP contribution in [0.1, 0.15) is 40.1 Å². The lowest BCUT2D eigenvalue weighted by atomic mass is 10.1. The molecule has 9 nitrogen and oxygen atoms in total. The van der Waals surface area contributed by atoms with Crippen LogP contribution in [0.5, 0.6) is 0 Å². The van der Waals surface area contributed by atoms with Gasteiger partial charge >= 0.3 is 0 Å². The number of sulfone groups is 1. The van der Waals surface area contributed by atoms with Gasteiger partial charge in [-0.1, -0.05) is 54.1 Å². The van der Waals surface area contributed by atoms with E-state index >= 15 is 0 Å². The highest BCUT2D eigenvalue weighted by atomic mass is 35.5. The average molecular weight is 582 g/mol. The monoisotopic (exact) mass is 581 g/mol. The van der Waals surface area contributed by atoms with E-state index in [0.29, 0.717) is 12.1 Å². The van der Waals surface area contributed by atoms with Crippen molar-refractivity contribution in [3.8, 4) is 0 Å². The first-order chi connectivity index (χ1) is 19.1. The van der Waals surface area contributed by atoms with Crippen LogP contribution < -0.4 is 16.0 Å². The van der Waals surface area contributed by atoms with Gasteiger partial charge in [-0.2, -0.15) is 4.98 Å². The first-order valence-electron chi connectivity index (χ1n) is 12.1. The Kier molecular flexibility index (Phi) is 8.76. The van der Waals surface area contributed by atoms with Crippen LogP contribution in [0, 0.1) is 5.82 Å². The van der Waals surface area contributed by atoms with Crippen molar-refractivity contribution >= 4 is 56.8 Å². The summed E-state index contributed by atoms with van der Waals surface area (Å²) in [5.41, 5.74) is 1.27. The van der Waals surface area contributed by atoms with Crippen molar-refractivity contribution in [2.45, 2.75) is 30.5 Å². The highest BCUT2D eigenvalue weighted by molar-refractivity contribution is 7.92. The van der Waals surface area contributed by atoms with Crippen molar-refractivity contribution in [2.24, 2.45) is 0 Å². The van der Waals surface area contributed by atoms with Crippen molar-refractivity contribution in [1.29, 1.82) is 0 Å². The predicted molar refractivity (Wildman–Crippen MR) is 153 cm³/mol. The van der Waals surface area contributed by atoms with Gasteiger partial charge in [0.15, 0.2) is 9.84 Å². The van der Waals surface area contributed by atoms with Crippen LogP contribution in [0.3, 0.4) is 0 Å². The van der Waals surface area contributed by atoms with E-state index in [9.17, 15) is 22.4 Å². The molecular formula is C28H25ClFN5O4S. The normalized spacial score (nSPS) is 11.2. The minimum atomic E-state index is -3.70. The second kappa shape index (κ2) is 12.2. The summed E-state index contributed by atoms with van der Waals surface area (Å²) in [5, 5.41) is 7.73. The third-order valence-electron chi connectivity index (χ3n) is 5.87. The molecule has 0 fully saturated rings. The number of aromatic nitrogens is 2. The van der Waals surface area contributed by atoms with Gasteiger partial charge in [-0.25, -0.2) is 17.8 Å². The Morgan fingerprint density at radius 1 is 1.05 bits per heavy atom. The third kappa shape index (κ3) is 6.44. The van der Waals surface area contributed by atoms with Gasteiger partial charge in [0.2, 0.25) is 5.95 Å². The zero-order chi connectivity index (χ0) is 28.9. The second-order valence-electron chi connectivity index (χ2n) is 8.93. The molecule has 0 radical (unpaired) electrons. The molecule has 1 amide bonds. The van der Waals surface area contributed by atoms with E-state index in [-0.39, 0.29) is 38.6 Å². The lowest BCUT2D eigenvalue weighted by Crippen LogP contribution is -2.19. The van der Waals surface area contributed by atoms with Crippen LogP contribution >= 0.6 is 11.6 Å². The van der Waals surface area contributed by atoms with Crippen LogP contribution in [-0.4, -0.2) is 35.8 Å². The maximum Gasteiger partial charge on any atom is 0.261 e. The van der Waals surface area contributed by atoms with Crippen LogP contribution in [0.4, 0.5) is 27.5 Å².